The van der Waals surface area contributed by atoms with Crippen molar-refractivity contribution in [2.45, 2.75) is 12.8 Å². The second-order valence-corrected chi connectivity index (χ2v) is 4.23. The topological polar surface area (TPSA) is 73.3 Å². The van der Waals surface area contributed by atoms with E-state index in [9.17, 15) is 4.79 Å². The van der Waals surface area contributed by atoms with Gasteiger partial charge in [-0.2, -0.15) is 4.98 Å². The molecule has 1 fully saturated rings. The van der Waals surface area contributed by atoms with Gasteiger partial charge in [0.1, 0.15) is 0 Å². The quantitative estimate of drug-likeness (QED) is 0.792. The fourth-order valence-corrected chi connectivity index (χ4v) is 1.88. The SMILES string of the molecule is COC(=O)c1nccc(OCC2CCCNC2)n1. The van der Waals surface area contributed by atoms with Crippen molar-refractivity contribution in [2.24, 2.45) is 5.92 Å². The van der Waals surface area contributed by atoms with Crippen LogP contribution in [0, 0.1) is 5.92 Å². The van der Waals surface area contributed by atoms with Crippen LogP contribution in [0.25, 0.3) is 0 Å². The van der Waals surface area contributed by atoms with Crippen LogP contribution in [0.15, 0.2) is 12.3 Å². The van der Waals surface area contributed by atoms with Crippen molar-refractivity contribution in [2.75, 3.05) is 26.8 Å². The second-order valence-electron chi connectivity index (χ2n) is 4.23. The van der Waals surface area contributed by atoms with E-state index in [0.29, 0.717) is 18.4 Å². The average molecular weight is 251 g/mol. The monoisotopic (exact) mass is 251 g/mol. The van der Waals surface area contributed by atoms with Gasteiger partial charge < -0.3 is 14.8 Å². The lowest BCUT2D eigenvalue weighted by molar-refractivity contribution is 0.0585. The van der Waals surface area contributed by atoms with Crippen molar-refractivity contribution in [1.82, 2.24) is 15.3 Å². The molecule has 6 heteroatoms. The molecule has 1 aromatic rings. The summed E-state index contributed by atoms with van der Waals surface area (Å²) < 4.78 is 10.1. The number of carbonyl (C=O) groups is 1. The molecule has 1 saturated heterocycles. The van der Waals surface area contributed by atoms with Gasteiger partial charge in [0.05, 0.1) is 13.7 Å². The zero-order chi connectivity index (χ0) is 12.8. The normalized spacial score (nSPS) is 19.3. The van der Waals surface area contributed by atoms with Crippen LogP contribution >= 0.6 is 0 Å². The van der Waals surface area contributed by atoms with Crippen LogP contribution in [0.1, 0.15) is 23.5 Å². The highest BCUT2D eigenvalue weighted by molar-refractivity contribution is 5.84. The smallest absolute Gasteiger partial charge is 0.376 e. The maximum atomic E-state index is 11.3. The Morgan fingerprint density at radius 2 is 2.50 bits per heavy atom. The van der Waals surface area contributed by atoms with Gasteiger partial charge in [0.25, 0.3) is 0 Å². The van der Waals surface area contributed by atoms with Crippen molar-refractivity contribution in [3.63, 3.8) is 0 Å². The lowest BCUT2D eigenvalue weighted by Gasteiger charge is -2.22. The first-order chi connectivity index (χ1) is 8.79. The predicted molar refractivity (Wildman–Crippen MR) is 64.5 cm³/mol. The zero-order valence-electron chi connectivity index (χ0n) is 10.4. The third-order valence-corrected chi connectivity index (χ3v) is 2.86. The third kappa shape index (κ3) is 3.40. The maximum Gasteiger partial charge on any atom is 0.376 e. The number of methoxy groups -OCH3 is 1. The summed E-state index contributed by atoms with van der Waals surface area (Å²) in [7, 11) is 1.30. The van der Waals surface area contributed by atoms with Gasteiger partial charge in [0, 0.05) is 24.7 Å². The largest absolute Gasteiger partial charge is 0.477 e. The van der Waals surface area contributed by atoms with E-state index in [1.165, 1.54) is 19.7 Å². The third-order valence-electron chi connectivity index (χ3n) is 2.86. The molecule has 1 atom stereocenters. The molecule has 6 nitrogen and oxygen atoms in total. The molecule has 2 rings (SSSR count). The summed E-state index contributed by atoms with van der Waals surface area (Å²) >= 11 is 0. The highest BCUT2D eigenvalue weighted by Crippen LogP contribution is 2.13. The minimum Gasteiger partial charge on any atom is -0.477 e. The maximum absolute atomic E-state index is 11.3. The molecule has 0 spiro atoms. The molecule has 1 unspecified atom stereocenters. The van der Waals surface area contributed by atoms with E-state index in [1.807, 2.05) is 0 Å². The molecule has 98 valence electrons. The molecule has 0 radical (unpaired) electrons. The summed E-state index contributed by atoms with van der Waals surface area (Å²) in [5, 5.41) is 3.32. The highest BCUT2D eigenvalue weighted by Gasteiger charge is 2.15. The summed E-state index contributed by atoms with van der Waals surface area (Å²) in [5.41, 5.74) is 0. The van der Waals surface area contributed by atoms with Crippen LogP contribution in [0.3, 0.4) is 0 Å². The minimum atomic E-state index is -0.556. The first-order valence-electron chi connectivity index (χ1n) is 6.04. The molecule has 1 aliphatic heterocycles. The van der Waals surface area contributed by atoms with Gasteiger partial charge in [-0.15, -0.1) is 0 Å². The highest BCUT2D eigenvalue weighted by atomic mass is 16.5. The molecule has 2 heterocycles. The van der Waals surface area contributed by atoms with Gasteiger partial charge in [0.2, 0.25) is 11.7 Å². The Kier molecular flexibility index (Phi) is 4.46. The standard InChI is InChI=1S/C12H17N3O3/c1-17-12(16)11-14-6-4-10(15-11)18-8-9-3-2-5-13-7-9/h4,6,9,13H,2-3,5,7-8H2,1H3. The number of hydrogen-bond donors (Lipinski definition) is 1. The summed E-state index contributed by atoms with van der Waals surface area (Å²) in [6.45, 7) is 2.65. The molecule has 0 aromatic carbocycles. The van der Waals surface area contributed by atoms with Crippen LogP contribution in [0.5, 0.6) is 5.88 Å². The van der Waals surface area contributed by atoms with Crippen molar-refractivity contribution in [1.29, 1.82) is 0 Å². The molecule has 1 aliphatic rings. The molecule has 0 amide bonds. The Labute approximate surface area is 106 Å². The molecular weight excluding hydrogens is 234 g/mol. The van der Waals surface area contributed by atoms with Gasteiger partial charge in [-0.05, 0) is 19.4 Å². The Morgan fingerprint density at radius 3 is 3.22 bits per heavy atom. The van der Waals surface area contributed by atoms with Gasteiger partial charge in [-0.25, -0.2) is 9.78 Å². The van der Waals surface area contributed by atoms with E-state index in [-0.39, 0.29) is 5.82 Å². The number of aromatic nitrogens is 2. The lowest BCUT2D eigenvalue weighted by Crippen LogP contribution is -2.33. The summed E-state index contributed by atoms with van der Waals surface area (Å²) in [6.07, 6.45) is 3.82. The summed E-state index contributed by atoms with van der Waals surface area (Å²) in [6, 6.07) is 1.64. The number of piperidine rings is 1. The van der Waals surface area contributed by atoms with E-state index in [2.05, 4.69) is 20.0 Å². The average Bonchev–Trinajstić information content (AvgIpc) is 2.45. The van der Waals surface area contributed by atoms with Crippen LogP contribution in [0.2, 0.25) is 0 Å². The van der Waals surface area contributed by atoms with Crippen LogP contribution in [-0.2, 0) is 4.74 Å². The number of esters is 1. The van der Waals surface area contributed by atoms with E-state index < -0.39 is 5.97 Å². The van der Waals surface area contributed by atoms with Crippen molar-refractivity contribution < 1.29 is 14.3 Å². The molecule has 1 aromatic heterocycles. The molecular formula is C12H17N3O3. The van der Waals surface area contributed by atoms with Gasteiger partial charge in [0.15, 0.2) is 0 Å². The number of ether oxygens (including phenoxy) is 2. The lowest BCUT2D eigenvalue weighted by atomic mass is 10.0. The van der Waals surface area contributed by atoms with Crippen LogP contribution in [0.4, 0.5) is 0 Å². The van der Waals surface area contributed by atoms with Crippen molar-refractivity contribution >= 4 is 5.97 Å². The first kappa shape index (κ1) is 12.8. The number of nitrogens with one attached hydrogen (secondary N) is 1. The molecule has 0 bridgehead atoms. The molecule has 0 saturated carbocycles. The van der Waals surface area contributed by atoms with Crippen molar-refractivity contribution in [3.8, 4) is 5.88 Å². The van der Waals surface area contributed by atoms with Crippen LogP contribution < -0.4 is 10.1 Å². The molecule has 1 N–H and O–H groups in total. The van der Waals surface area contributed by atoms with Crippen LogP contribution in [-0.4, -0.2) is 42.7 Å². The van der Waals surface area contributed by atoms with E-state index in [0.717, 1.165) is 19.5 Å². The molecule has 0 aliphatic carbocycles. The van der Waals surface area contributed by atoms with Gasteiger partial charge in [-0.1, -0.05) is 0 Å². The minimum absolute atomic E-state index is 0.0248. The van der Waals surface area contributed by atoms with Gasteiger partial charge >= 0.3 is 5.97 Å². The Morgan fingerprint density at radius 1 is 1.61 bits per heavy atom. The van der Waals surface area contributed by atoms with E-state index in [4.69, 9.17) is 4.74 Å². The summed E-state index contributed by atoms with van der Waals surface area (Å²) in [5.74, 6) is 0.378. The second kappa shape index (κ2) is 6.30. The van der Waals surface area contributed by atoms with Gasteiger partial charge in [-0.3, -0.25) is 0 Å². The number of nitrogens with zero attached hydrogens (tertiary/aromatic N) is 2. The summed E-state index contributed by atoms with van der Waals surface area (Å²) in [4.78, 5) is 19.1. The predicted octanol–water partition coefficient (Wildman–Crippen LogP) is 0.642. The Hall–Kier alpha value is -1.69. The van der Waals surface area contributed by atoms with Crippen molar-refractivity contribution in [3.05, 3.63) is 18.1 Å². The number of hydrogen-bond acceptors (Lipinski definition) is 6. The Balaban J connectivity index is 1.90. The Bertz CT molecular complexity index is 405. The number of carbonyl (C=O) groups excluding carboxylic acids is 1. The fraction of sp³-hybridized carbons (Fsp3) is 0.583. The first-order valence-corrected chi connectivity index (χ1v) is 6.04. The zero-order valence-corrected chi connectivity index (χ0v) is 10.4. The van der Waals surface area contributed by atoms with E-state index >= 15 is 0 Å². The van der Waals surface area contributed by atoms with E-state index in [1.54, 1.807) is 6.07 Å². The fourth-order valence-electron chi connectivity index (χ4n) is 1.88. The molecule has 18 heavy (non-hydrogen) atoms. The number of rotatable bonds is 4.